The van der Waals surface area contributed by atoms with Crippen LogP contribution in [0.3, 0.4) is 0 Å². The quantitative estimate of drug-likeness (QED) is 0.743. The van der Waals surface area contributed by atoms with Gasteiger partial charge < -0.3 is 15.5 Å². The number of piperazine rings is 1. The summed E-state index contributed by atoms with van der Waals surface area (Å²) < 4.78 is 0. The number of rotatable bonds is 3. The van der Waals surface area contributed by atoms with Crippen molar-refractivity contribution in [1.29, 1.82) is 0 Å². The fourth-order valence-electron chi connectivity index (χ4n) is 1.85. The fraction of sp³-hybridized carbons (Fsp3) is 0.750. The molecular weight excluding hydrogens is 234 g/mol. The molecule has 1 saturated heterocycles. The van der Waals surface area contributed by atoms with Crippen molar-refractivity contribution in [3.63, 3.8) is 0 Å². The van der Waals surface area contributed by atoms with Crippen molar-refractivity contribution < 1.29 is 14.4 Å². The van der Waals surface area contributed by atoms with Gasteiger partial charge in [0, 0.05) is 39.5 Å². The first-order valence-corrected chi connectivity index (χ1v) is 6.07. The number of nitrogens with two attached hydrogens (primary N) is 1. The molecule has 1 rings (SSSR count). The van der Waals surface area contributed by atoms with Crippen LogP contribution in [0.4, 0.5) is 0 Å². The van der Waals surface area contributed by atoms with Gasteiger partial charge in [0.2, 0.25) is 17.7 Å². The maximum absolute atomic E-state index is 12.0. The van der Waals surface area contributed by atoms with E-state index >= 15 is 0 Å². The van der Waals surface area contributed by atoms with Gasteiger partial charge in [0.1, 0.15) is 0 Å². The second-order valence-corrected chi connectivity index (χ2v) is 5.31. The molecule has 102 valence electrons. The maximum Gasteiger partial charge on any atom is 0.223 e. The van der Waals surface area contributed by atoms with Crippen LogP contribution in [0.2, 0.25) is 0 Å². The first-order chi connectivity index (χ1) is 8.24. The van der Waals surface area contributed by atoms with Gasteiger partial charge in [-0.15, -0.1) is 0 Å². The molecule has 0 aromatic rings. The van der Waals surface area contributed by atoms with Crippen LogP contribution in [0.25, 0.3) is 0 Å². The Bertz CT molecular complexity index is 358. The van der Waals surface area contributed by atoms with Crippen LogP contribution in [0, 0.1) is 5.41 Å². The average Bonchev–Trinajstić information content (AvgIpc) is 2.28. The lowest BCUT2D eigenvalue weighted by atomic mass is 9.88. The van der Waals surface area contributed by atoms with Crippen LogP contribution >= 0.6 is 0 Å². The van der Waals surface area contributed by atoms with Gasteiger partial charge in [0.15, 0.2) is 0 Å². The van der Waals surface area contributed by atoms with E-state index < -0.39 is 11.3 Å². The summed E-state index contributed by atoms with van der Waals surface area (Å²) in [4.78, 5) is 37.7. The maximum atomic E-state index is 12.0. The summed E-state index contributed by atoms with van der Waals surface area (Å²) in [5, 5.41) is 0. The monoisotopic (exact) mass is 255 g/mol. The van der Waals surface area contributed by atoms with Crippen molar-refractivity contribution in [3.8, 4) is 0 Å². The third-order valence-corrected chi connectivity index (χ3v) is 3.34. The summed E-state index contributed by atoms with van der Waals surface area (Å²) in [6, 6.07) is 0. The first kappa shape index (κ1) is 14.5. The second-order valence-electron chi connectivity index (χ2n) is 5.31. The molecule has 0 aromatic heterocycles. The molecule has 0 unspecified atom stereocenters. The van der Waals surface area contributed by atoms with Crippen molar-refractivity contribution in [1.82, 2.24) is 9.80 Å². The van der Waals surface area contributed by atoms with E-state index in [2.05, 4.69) is 0 Å². The number of nitrogens with zero attached hydrogens (tertiary/aromatic N) is 2. The van der Waals surface area contributed by atoms with Crippen LogP contribution in [0.5, 0.6) is 0 Å². The van der Waals surface area contributed by atoms with E-state index in [9.17, 15) is 14.4 Å². The first-order valence-electron chi connectivity index (χ1n) is 6.07. The fourth-order valence-corrected chi connectivity index (χ4v) is 1.85. The van der Waals surface area contributed by atoms with E-state index in [0.29, 0.717) is 26.2 Å². The van der Waals surface area contributed by atoms with Crippen molar-refractivity contribution in [2.75, 3.05) is 26.2 Å². The Morgan fingerprint density at radius 3 is 1.89 bits per heavy atom. The highest BCUT2D eigenvalue weighted by Gasteiger charge is 2.31. The molecule has 0 aromatic carbocycles. The minimum absolute atomic E-state index is 0.0274. The van der Waals surface area contributed by atoms with Crippen molar-refractivity contribution in [2.45, 2.75) is 27.2 Å². The van der Waals surface area contributed by atoms with Gasteiger partial charge in [0.25, 0.3) is 0 Å². The Morgan fingerprint density at radius 2 is 1.50 bits per heavy atom. The molecule has 0 atom stereocenters. The summed E-state index contributed by atoms with van der Waals surface area (Å²) in [5.41, 5.74) is 4.42. The molecule has 6 heteroatoms. The van der Waals surface area contributed by atoms with E-state index in [1.807, 2.05) is 0 Å². The minimum Gasteiger partial charge on any atom is -0.369 e. The number of carbonyl (C=O) groups excluding carboxylic acids is 3. The molecule has 1 aliphatic rings. The summed E-state index contributed by atoms with van der Waals surface area (Å²) >= 11 is 0. The zero-order valence-electron chi connectivity index (χ0n) is 11.2. The highest BCUT2D eigenvalue weighted by Crippen LogP contribution is 2.21. The number of carbonyl (C=O) groups is 3. The Kier molecular flexibility index (Phi) is 4.32. The number of hydrogen-bond acceptors (Lipinski definition) is 3. The molecule has 3 amide bonds. The normalized spacial score (nSPS) is 16.6. The van der Waals surface area contributed by atoms with Crippen LogP contribution in [-0.2, 0) is 14.4 Å². The van der Waals surface area contributed by atoms with Gasteiger partial charge in [0.05, 0.1) is 5.41 Å². The average molecular weight is 255 g/mol. The zero-order chi connectivity index (χ0) is 13.9. The van der Waals surface area contributed by atoms with E-state index in [1.54, 1.807) is 23.6 Å². The Hall–Kier alpha value is -1.59. The van der Waals surface area contributed by atoms with E-state index in [0.717, 1.165) is 0 Å². The molecule has 0 aliphatic carbocycles. The van der Waals surface area contributed by atoms with E-state index in [1.165, 1.54) is 6.92 Å². The molecule has 18 heavy (non-hydrogen) atoms. The third-order valence-electron chi connectivity index (χ3n) is 3.34. The molecule has 2 N–H and O–H groups in total. The van der Waals surface area contributed by atoms with Gasteiger partial charge in [-0.25, -0.2) is 0 Å². The van der Waals surface area contributed by atoms with Crippen LogP contribution in [0.1, 0.15) is 27.2 Å². The van der Waals surface area contributed by atoms with Gasteiger partial charge in [-0.3, -0.25) is 14.4 Å². The van der Waals surface area contributed by atoms with Crippen molar-refractivity contribution >= 4 is 17.7 Å². The topological polar surface area (TPSA) is 83.7 Å². The van der Waals surface area contributed by atoms with E-state index in [4.69, 9.17) is 5.73 Å². The highest BCUT2D eigenvalue weighted by molar-refractivity contribution is 5.87. The SMILES string of the molecule is CC(=O)N1CCN(C(=O)CC(C)(C)C(N)=O)CC1. The smallest absolute Gasteiger partial charge is 0.223 e. The van der Waals surface area contributed by atoms with Gasteiger partial charge in [-0.2, -0.15) is 0 Å². The standard InChI is InChI=1S/C12H21N3O3/c1-9(16)14-4-6-15(7-5-14)10(17)8-12(2,3)11(13)18/h4-8H2,1-3H3,(H2,13,18). The van der Waals surface area contributed by atoms with Crippen LogP contribution in [-0.4, -0.2) is 53.7 Å². The number of hydrogen-bond donors (Lipinski definition) is 1. The molecule has 1 aliphatic heterocycles. The molecule has 1 heterocycles. The predicted molar refractivity (Wildman–Crippen MR) is 66.4 cm³/mol. The third kappa shape index (κ3) is 3.45. The number of primary amides is 1. The molecular formula is C12H21N3O3. The predicted octanol–water partition coefficient (Wildman–Crippen LogP) is -0.421. The molecule has 0 radical (unpaired) electrons. The lowest BCUT2D eigenvalue weighted by Crippen LogP contribution is -2.51. The number of amides is 3. The lowest BCUT2D eigenvalue weighted by molar-refractivity contribution is -0.142. The minimum atomic E-state index is -0.825. The molecule has 0 bridgehead atoms. The molecule has 6 nitrogen and oxygen atoms in total. The lowest BCUT2D eigenvalue weighted by Gasteiger charge is -2.35. The second kappa shape index (κ2) is 5.37. The highest BCUT2D eigenvalue weighted by atomic mass is 16.2. The molecule has 0 spiro atoms. The van der Waals surface area contributed by atoms with Crippen LogP contribution < -0.4 is 5.73 Å². The van der Waals surface area contributed by atoms with Crippen LogP contribution in [0.15, 0.2) is 0 Å². The molecule has 1 fully saturated rings. The summed E-state index contributed by atoms with van der Waals surface area (Å²) in [6.07, 6.45) is 0.113. The van der Waals surface area contributed by atoms with Gasteiger partial charge in [-0.1, -0.05) is 13.8 Å². The zero-order valence-corrected chi connectivity index (χ0v) is 11.2. The summed E-state index contributed by atoms with van der Waals surface area (Å²) in [6.45, 7) is 7.00. The van der Waals surface area contributed by atoms with Gasteiger partial charge >= 0.3 is 0 Å². The molecule has 0 saturated carbocycles. The Balaban J connectivity index is 2.51. The van der Waals surface area contributed by atoms with Gasteiger partial charge in [-0.05, 0) is 0 Å². The Labute approximate surface area is 107 Å². The largest absolute Gasteiger partial charge is 0.369 e. The van der Waals surface area contributed by atoms with E-state index in [-0.39, 0.29) is 18.2 Å². The summed E-state index contributed by atoms with van der Waals surface area (Å²) in [5.74, 6) is -0.528. The Morgan fingerprint density at radius 1 is 1.06 bits per heavy atom. The summed E-state index contributed by atoms with van der Waals surface area (Å²) in [7, 11) is 0. The van der Waals surface area contributed by atoms with Crippen molar-refractivity contribution in [3.05, 3.63) is 0 Å². The van der Waals surface area contributed by atoms with Crippen molar-refractivity contribution in [2.24, 2.45) is 11.1 Å².